The van der Waals surface area contributed by atoms with Gasteiger partial charge in [-0.2, -0.15) is 0 Å². The Morgan fingerprint density at radius 2 is 1.77 bits per heavy atom. The summed E-state index contributed by atoms with van der Waals surface area (Å²) in [7, 11) is -4.57. The maximum Gasteiger partial charge on any atom is 0.293 e. The van der Waals surface area contributed by atoms with E-state index in [-0.39, 0.29) is 29.0 Å². The van der Waals surface area contributed by atoms with E-state index in [4.69, 9.17) is 9.47 Å². The van der Waals surface area contributed by atoms with Crippen molar-refractivity contribution in [2.75, 3.05) is 36.5 Å². The van der Waals surface area contributed by atoms with E-state index in [2.05, 4.69) is 60.2 Å². The number of anilines is 2. The van der Waals surface area contributed by atoms with Gasteiger partial charge in [0.25, 0.3) is 21.6 Å². The third kappa shape index (κ3) is 7.96. The number of amides is 1. The molecule has 9 rings (SSSR count). The molecule has 2 fully saturated rings. The molecule has 304 valence electrons. The molecule has 60 heavy (non-hydrogen) atoms. The highest BCUT2D eigenvalue weighted by Gasteiger charge is 2.29. The van der Waals surface area contributed by atoms with Gasteiger partial charge in [0.1, 0.15) is 22.8 Å². The molecule has 0 spiro atoms. The van der Waals surface area contributed by atoms with E-state index in [1.807, 2.05) is 36.7 Å². The van der Waals surface area contributed by atoms with Crippen molar-refractivity contribution >= 4 is 54.8 Å². The Bertz CT molecular complexity index is 2840. The molecule has 14 nitrogen and oxygen atoms in total. The largest absolute Gasteiger partial charge is 0.455 e. The minimum atomic E-state index is -4.57. The number of carbonyl (C=O) groups is 1. The molecular weight excluding hydrogens is 783 g/mol. The Hall–Kier alpha value is -6.84. The van der Waals surface area contributed by atoms with Crippen LogP contribution < -0.4 is 19.7 Å². The molecule has 4 aromatic carbocycles. The molecule has 1 amide bonds. The van der Waals surface area contributed by atoms with Crippen molar-refractivity contribution in [2.24, 2.45) is 5.92 Å². The average Bonchev–Trinajstić information content (AvgIpc) is 3.96. The predicted molar refractivity (Wildman–Crippen MR) is 229 cm³/mol. The number of nitro groups is 1. The highest BCUT2D eigenvalue weighted by atomic mass is 32.2. The van der Waals surface area contributed by atoms with E-state index in [1.165, 1.54) is 30.0 Å². The molecule has 2 aliphatic rings. The second-order valence-corrected chi connectivity index (χ2v) is 16.7. The van der Waals surface area contributed by atoms with Gasteiger partial charge < -0.3 is 24.7 Å². The topological polar surface area (TPSA) is 182 Å². The second-order valence-electron chi connectivity index (χ2n) is 15.0. The van der Waals surface area contributed by atoms with E-state index in [0.717, 1.165) is 71.3 Å². The first-order valence-corrected chi connectivity index (χ1v) is 21.3. The zero-order chi connectivity index (χ0) is 41.2. The standard InChI is InChI=1S/C45H41N7O7S/c53-45(50-60(56,57)36-11-13-40(42(25-36)52(54)55)48-26-29-16-21-58-22-17-29)38-12-8-32(24-43(38)59-35-23-33-15-19-47-44(33)49-27-35)30-6-9-34(10-7-30)51-20-2-5-41(51)37-4-1-3-31-14-18-46-28-39(31)37/h1,3-4,6-15,18-19,23-25,27-29,41,48H,2,5,16-17,20-22,26H2,(H,47,49)(H,50,53). The molecule has 0 saturated carbocycles. The van der Waals surface area contributed by atoms with Gasteiger partial charge in [0, 0.05) is 67.4 Å². The lowest BCUT2D eigenvalue weighted by Crippen LogP contribution is -2.31. The zero-order valence-corrected chi connectivity index (χ0v) is 33.2. The number of nitro benzene ring substituents is 1. The predicted octanol–water partition coefficient (Wildman–Crippen LogP) is 8.78. The van der Waals surface area contributed by atoms with Crippen LogP contribution in [-0.4, -0.2) is 60.5 Å². The summed E-state index contributed by atoms with van der Waals surface area (Å²) in [5, 5.41) is 18.2. The zero-order valence-electron chi connectivity index (χ0n) is 32.4. The van der Waals surface area contributed by atoms with Crippen molar-refractivity contribution in [3.63, 3.8) is 0 Å². The summed E-state index contributed by atoms with van der Waals surface area (Å²) in [6.07, 6.45) is 10.7. The normalized spacial score (nSPS) is 15.9. The van der Waals surface area contributed by atoms with Crippen LogP contribution in [-0.2, 0) is 14.8 Å². The van der Waals surface area contributed by atoms with Crippen molar-refractivity contribution in [1.82, 2.24) is 19.7 Å². The number of pyridine rings is 2. The van der Waals surface area contributed by atoms with Crippen molar-refractivity contribution in [2.45, 2.75) is 36.6 Å². The summed E-state index contributed by atoms with van der Waals surface area (Å²) >= 11 is 0. The van der Waals surface area contributed by atoms with Gasteiger partial charge in [-0.3, -0.25) is 19.9 Å². The number of fused-ring (bicyclic) bond motifs is 2. The summed E-state index contributed by atoms with van der Waals surface area (Å²) in [4.78, 5) is 39.1. The van der Waals surface area contributed by atoms with Crippen LogP contribution in [0.25, 0.3) is 32.9 Å². The SMILES string of the molecule is O=C(NS(=O)(=O)c1ccc(NCC2CCOCC2)c([N+](=O)[O-])c1)c1ccc(-c2ccc(N3CCCC3c3cccc4ccncc34)cc2)cc1Oc1cnc2[nH]ccc2c1. The van der Waals surface area contributed by atoms with Gasteiger partial charge in [0.15, 0.2) is 0 Å². The number of hydrogen-bond acceptors (Lipinski definition) is 11. The number of hydrogen-bond donors (Lipinski definition) is 3. The molecule has 2 aliphatic heterocycles. The first-order valence-electron chi connectivity index (χ1n) is 19.8. The number of aromatic nitrogens is 3. The van der Waals surface area contributed by atoms with Crippen LogP contribution in [0.15, 0.2) is 127 Å². The second kappa shape index (κ2) is 16.4. The molecule has 0 radical (unpaired) electrons. The number of nitrogens with one attached hydrogen (secondary N) is 3. The highest BCUT2D eigenvalue weighted by Crippen LogP contribution is 2.40. The van der Waals surface area contributed by atoms with E-state index in [0.29, 0.717) is 31.2 Å². The van der Waals surface area contributed by atoms with Crippen LogP contribution in [0.2, 0.25) is 0 Å². The summed E-state index contributed by atoms with van der Waals surface area (Å²) in [6, 6.07) is 28.9. The van der Waals surface area contributed by atoms with E-state index >= 15 is 0 Å². The Labute approximate surface area is 345 Å². The number of sulfonamides is 1. The monoisotopic (exact) mass is 823 g/mol. The summed E-state index contributed by atoms with van der Waals surface area (Å²) in [5.74, 6) is -0.291. The quantitative estimate of drug-likeness (QED) is 0.0791. The minimum absolute atomic E-state index is 0.0677. The smallest absolute Gasteiger partial charge is 0.293 e. The van der Waals surface area contributed by atoms with E-state index in [9.17, 15) is 23.3 Å². The lowest BCUT2D eigenvalue weighted by Gasteiger charge is -2.28. The molecule has 7 aromatic rings. The summed E-state index contributed by atoms with van der Waals surface area (Å²) in [6.45, 7) is 2.64. The molecule has 2 saturated heterocycles. The van der Waals surface area contributed by atoms with Gasteiger partial charge in [-0.25, -0.2) is 18.1 Å². The van der Waals surface area contributed by atoms with Gasteiger partial charge in [-0.1, -0.05) is 36.4 Å². The molecule has 1 unspecified atom stereocenters. The molecule has 5 heterocycles. The molecule has 3 aromatic heterocycles. The summed E-state index contributed by atoms with van der Waals surface area (Å²) in [5.41, 5.74) is 4.25. The number of ether oxygens (including phenoxy) is 2. The molecule has 0 bridgehead atoms. The Kier molecular flexibility index (Phi) is 10.6. The lowest BCUT2D eigenvalue weighted by molar-refractivity contribution is -0.384. The van der Waals surface area contributed by atoms with Crippen molar-refractivity contribution in [1.29, 1.82) is 0 Å². The number of rotatable bonds is 12. The van der Waals surface area contributed by atoms with Crippen LogP contribution in [0.4, 0.5) is 17.1 Å². The van der Waals surface area contributed by atoms with Gasteiger partial charge in [0.2, 0.25) is 0 Å². The number of carbonyl (C=O) groups excluding carboxylic acids is 1. The van der Waals surface area contributed by atoms with E-state index in [1.54, 1.807) is 24.4 Å². The Morgan fingerprint density at radius 1 is 0.933 bits per heavy atom. The molecule has 3 N–H and O–H groups in total. The van der Waals surface area contributed by atoms with Crippen molar-refractivity contribution in [3.8, 4) is 22.6 Å². The number of aromatic amines is 1. The highest BCUT2D eigenvalue weighted by molar-refractivity contribution is 7.90. The number of benzene rings is 4. The van der Waals surface area contributed by atoms with Gasteiger partial charge >= 0.3 is 0 Å². The molecule has 0 aliphatic carbocycles. The fourth-order valence-electron chi connectivity index (χ4n) is 8.17. The number of H-pyrrole nitrogens is 1. The first kappa shape index (κ1) is 38.7. The van der Waals surface area contributed by atoms with Crippen molar-refractivity contribution < 1.29 is 27.6 Å². The third-order valence-electron chi connectivity index (χ3n) is 11.3. The van der Waals surface area contributed by atoms with Crippen LogP contribution in [0.3, 0.4) is 0 Å². The first-order chi connectivity index (χ1) is 29.2. The molecular formula is C45H41N7O7S. The molecule has 15 heteroatoms. The average molecular weight is 824 g/mol. The fraction of sp³-hybridized carbons (Fsp3) is 0.222. The van der Waals surface area contributed by atoms with Gasteiger partial charge in [-0.05, 0) is 108 Å². The van der Waals surface area contributed by atoms with Crippen LogP contribution >= 0.6 is 0 Å². The third-order valence-corrected chi connectivity index (χ3v) is 12.6. The molecule has 1 atom stereocenters. The maximum atomic E-state index is 13.9. The van der Waals surface area contributed by atoms with E-state index < -0.39 is 31.4 Å². The summed E-state index contributed by atoms with van der Waals surface area (Å²) < 4.78 is 41.1. The fourth-order valence-corrected chi connectivity index (χ4v) is 9.15. The van der Waals surface area contributed by atoms with Crippen LogP contribution in [0.5, 0.6) is 11.5 Å². The Morgan fingerprint density at radius 3 is 2.60 bits per heavy atom. The van der Waals surface area contributed by atoms with Crippen molar-refractivity contribution in [3.05, 3.63) is 143 Å². The van der Waals surface area contributed by atoms with Crippen LogP contribution in [0.1, 0.15) is 47.6 Å². The van der Waals surface area contributed by atoms with Gasteiger partial charge in [-0.15, -0.1) is 0 Å². The number of nitrogens with zero attached hydrogens (tertiary/aromatic N) is 4. The lowest BCUT2D eigenvalue weighted by atomic mass is 9.98. The van der Waals surface area contributed by atoms with Gasteiger partial charge in [0.05, 0.1) is 27.6 Å². The Balaban J connectivity index is 0.987. The van der Waals surface area contributed by atoms with Crippen LogP contribution in [0, 0.1) is 16.0 Å². The minimum Gasteiger partial charge on any atom is -0.455 e. The maximum absolute atomic E-state index is 13.9.